The van der Waals surface area contributed by atoms with Gasteiger partial charge in [-0.15, -0.1) is 0 Å². The fourth-order valence-electron chi connectivity index (χ4n) is 4.21. The van der Waals surface area contributed by atoms with Crippen LogP contribution >= 0.6 is 0 Å². The molecule has 2 amide bonds. The molecule has 1 saturated heterocycles. The van der Waals surface area contributed by atoms with E-state index in [1.165, 1.54) is 0 Å². The molecule has 0 spiro atoms. The Morgan fingerprint density at radius 1 is 1.03 bits per heavy atom. The number of hydrogen-bond acceptors (Lipinski definition) is 5. The van der Waals surface area contributed by atoms with Gasteiger partial charge in [-0.05, 0) is 31.4 Å². The SMILES string of the molecule is CNc1nc(C2CCN(C(=O)c3ccccc3)CC2)nc2c1CCN(C(C)=O)C2. The van der Waals surface area contributed by atoms with Crippen molar-refractivity contribution in [3.05, 3.63) is 53.0 Å². The summed E-state index contributed by atoms with van der Waals surface area (Å²) in [5, 5.41) is 3.21. The Balaban J connectivity index is 1.49. The molecule has 0 aliphatic carbocycles. The summed E-state index contributed by atoms with van der Waals surface area (Å²) < 4.78 is 0. The van der Waals surface area contributed by atoms with Crippen LogP contribution in [0.15, 0.2) is 30.3 Å². The zero-order valence-corrected chi connectivity index (χ0v) is 17.0. The minimum absolute atomic E-state index is 0.0783. The van der Waals surface area contributed by atoms with Crippen molar-refractivity contribution in [3.63, 3.8) is 0 Å². The number of nitrogens with one attached hydrogen (secondary N) is 1. The maximum Gasteiger partial charge on any atom is 0.253 e. The molecule has 152 valence electrons. The number of aromatic nitrogens is 2. The van der Waals surface area contributed by atoms with Crippen molar-refractivity contribution >= 4 is 17.6 Å². The quantitative estimate of drug-likeness (QED) is 0.867. The van der Waals surface area contributed by atoms with Crippen LogP contribution in [0.25, 0.3) is 0 Å². The van der Waals surface area contributed by atoms with Crippen LogP contribution in [0.4, 0.5) is 5.82 Å². The highest BCUT2D eigenvalue weighted by Crippen LogP contribution is 2.30. The maximum atomic E-state index is 12.7. The van der Waals surface area contributed by atoms with Gasteiger partial charge in [-0.1, -0.05) is 18.2 Å². The Bertz CT molecular complexity index is 907. The summed E-state index contributed by atoms with van der Waals surface area (Å²) in [5.74, 6) is 2.08. The van der Waals surface area contributed by atoms with E-state index in [-0.39, 0.29) is 17.7 Å². The third-order valence-corrected chi connectivity index (χ3v) is 5.93. The highest BCUT2D eigenvalue weighted by Gasteiger charge is 2.29. The zero-order valence-electron chi connectivity index (χ0n) is 17.0. The standard InChI is InChI=1S/C22H27N5O2/c1-15(28)27-13-10-18-19(14-27)24-20(25-21(18)23-2)16-8-11-26(12-9-16)22(29)17-6-4-3-5-7-17/h3-7,16H,8-14H2,1-2H3,(H,23,24,25). The number of nitrogens with zero attached hydrogens (tertiary/aromatic N) is 4. The summed E-state index contributed by atoms with van der Waals surface area (Å²) in [5.41, 5.74) is 2.80. The van der Waals surface area contributed by atoms with Gasteiger partial charge in [-0.25, -0.2) is 9.97 Å². The third kappa shape index (κ3) is 3.95. The summed E-state index contributed by atoms with van der Waals surface area (Å²) in [7, 11) is 1.88. The number of benzene rings is 1. The van der Waals surface area contributed by atoms with Gasteiger partial charge in [0.15, 0.2) is 0 Å². The molecule has 1 aromatic heterocycles. The summed E-state index contributed by atoms with van der Waals surface area (Å²) in [6, 6.07) is 9.43. The van der Waals surface area contributed by atoms with E-state index in [1.54, 1.807) is 6.92 Å². The Morgan fingerprint density at radius 3 is 2.41 bits per heavy atom. The van der Waals surface area contributed by atoms with Gasteiger partial charge in [0.05, 0.1) is 12.2 Å². The molecule has 3 heterocycles. The lowest BCUT2D eigenvalue weighted by Gasteiger charge is -2.33. The van der Waals surface area contributed by atoms with Gasteiger partial charge in [-0.3, -0.25) is 9.59 Å². The summed E-state index contributed by atoms with van der Waals surface area (Å²) in [6.45, 7) is 4.26. The molecule has 2 aromatic rings. The van der Waals surface area contributed by atoms with Gasteiger partial charge < -0.3 is 15.1 Å². The first kappa shape index (κ1) is 19.4. The Labute approximate surface area is 171 Å². The third-order valence-electron chi connectivity index (χ3n) is 5.93. The fourth-order valence-corrected chi connectivity index (χ4v) is 4.21. The van der Waals surface area contributed by atoms with E-state index in [0.717, 1.165) is 47.7 Å². The summed E-state index contributed by atoms with van der Waals surface area (Å²) in [6.07, 6.45) is 2.46. The van der Waals surface area contributed by atoms with Crippen molar-refractivity contribution in [1.82, 2.24) is 19.8 Å². The van der Waals surface area contributed by atoms with Crippen LogP contribution in [-0.4, -0.2) is 58.3 Å². The smallest absolute Gasteiger partial charge is 0.253 e. The highest BCUT2D eigenvalue weighted by atomic mass is 16.2. The predicted octanol–water partition coefficient (Wildman–Crippen LogP) is 2.44. The normalized spacial score (nSPS) is 17.0. The molecular weight excluding hydrogens is 366 g/mol. The molecule has 7 nitrogen and oxygen atoms in total. The molecule has 2 aliphatic rings. The highest BCUT2D eigenvalue weighted by molar-refractivity contribution is 5.94. The second-order valence-electron chi connectivity index (χ2n) is 7.73. The first-order valence-electron chi connectivity index (χ1n) is 10.2. The Kier molecular flexibility index (Phi) is 5.47. The molecule has 0 bridgehead atoms. The number of anilines is 1. The molecule has 1 aromatic carbocycles. The molecule has 1 N–H and O–H groups in total. The van der Waals surface area contributed by atoms with E-state index in [4.69, 9.17) is 9.97 Å². The number of rotatable bonds is 3. The minimum atomic E-state index is 0.0783. The van der Waals surface area contributed by atoms with Crippen LogP contribution in [0.5, 0.6) is 0 Å². The maximum absolute atomic E-state index is 12.7. The molecule has 0 atom stereocenters. The largest absolute Gasteiger partial charge is 0.373 e. The van der Waals surface area contributed by atoms with E-state index in [0.29, 0.717) is 26.2 Å². The number of carbonyl (C=O) groups excluding carboxylic acids is 2. The second-order valence-corrected chi connectivity index (χ2v) is 7.73. The van der Waals surface area contributed by atoms with Crippen LogP contribution in [0.1, 0.15) is 53.1 Å². The lowest BCUT2D eigenvalue weighted by atomic mass is 9.94. The number of carbonyl (C=O) groups is 2. The predicted molar refractivity (Wildman–Crippen MR) is 111 cm³/mol. The van der Waals surface area contributed by atoms with E-state index in [2.05, 4.69) is 5.32 Å². The zero-order chi connectivity index (χ0) is 20.4. The van der Waals surface area contributed by atoms with Crippen molar-refractivity contribution in [3.8, 4) is 0 Å². The molecule has 2 aliphatic heterocycles. The molecule has 0 radical (unpaired) electrons. The first-order chi connectivity index (χ1) is 14.1. The van der Waals surface area contributed by atoms with E-state index < -0.39 is 0 Å². The number of likely N-dealkylation sites (tertiary alicyclic amines) is 1. The molecule has 0 unspecified atom stereocenters. The fraction of sp³-hybridized carbons (Fsp3) is 0.455. The lowest BCUT2D eigenvalue weighted by molar-refractivity contribution is -0.129. The van der Waals surface area contributed by atoms with Crippen LogP contribution in [0.2, 0.25) is 0 Å². The van der Waals surface area contributed by atoms with Crippen LogP contribution in [0, 0.1) is 0 Å². The average Bonchev–Trinajstić information content (AvgIpc) is 2.78. The van der Waals surface area contributed by atoms with Gasteiger partial charge in [0.1, 0.15) is 11.6 Å². The van der Waals surface area contributed by atoms with Crippen molar-refractivity contribution < 1.29 is 9.59 Å². The van der Waals surface area contributed by atoms with Gasteiger partial charge in [0.25, 0.3) is 5.91 Å². The minimum Gasteiger partial charge on any atom is -0.373 e. The molecule has 29 heavy (non-hydrogen) atoms. The number of hydrogen-bond donors (Lipinski definition) is 1. The van der Waals surface area contributed by atoms with Gasteiger partial charge in [0.2, 0.25) is 5.91 Å². The van der Waals surface area contributed by atoms with Gasteiger partial charge in [-0.2, -0.15) is 0 Å². The van der Waals surface area contributed by atoms with Crippen molar-refractivity contribution in [2.24, 2.45) is 0 Å². The average molecular weight is 393 g/mol. The number of fused-ring (bicyclic) bond motifs is 1. The van der Waals surface area contributed by atoms with Gasteiger partial charge in [0, 0.05) is 50.7 Å². The van der Waals surface area contributed by atoms with E-state index in [9.17, 15) is 9.59 Å². The summed E-state index contributed by atoms with van der Waals surface area (Å²) >= 11 is 0. The van der Waals surface area contributed by atoms with Gasteiger partial charge >= 0.3 is 0 Å². The van der Waals surface area contributed by atoms with Crippen molar-refractivity contribution in [1.29, 1.82) is 0 Å². The van der Waals surface area contributed by atoms with Crippen LogP contribution in [-0.2, 0) is 17.8 Å². The topological polar surface area (TPSA) is 78.4 Å². The van der Waals surface area contributed by atoms with Crippen LogP contribution < -0.4 is 5.32 Å². The number of amides is 2. The second kappa shape index (κ2) is 8.19. The molecule has 4 rings (SSSR count). The van der Waals surface area contributed by atoms with Crippen molar-refractivity contribution in [2.45, 2.75) is 38.6 Å². The molecular formula is C22H27N5O2. The lowest BCUT2D eigenvalue weighted by Crippen LogP contribution is -2.39. The molecule has 7 heteroatoms. The van der Waals surface area contributed by atoms with E-state index >= 15 is 0 Å². The van der Waals surface area contributed by atoms with Crippen LogP contribution in [0.3, 0.4) is 0 Å². The molecule has 1 fully saturated rings. The Hall–Kier alpha value is -2.96. The van der Waals surface area contributed by atoms with Crippen molar-refractivity contribution in [2.75, 3.05) is 32.0 Å². The first-order valence-corrected chi connectivity index (χ1v) is 10.2. The monoisotopic (exact) mass is 393 g/mol. The molecule has 0 saturated carbocycles. The summed E-state index contributed by atoms with van der Waals surface area (Å²) in [4.78, 5) is 37.9. The number of piperidine rings is 1. The van der Waals surface area contributed by atoms with E-state index in [1.807, 2.05) is 47.2 Å². The Morgan fingerprint density at radius 2 is 1.76 bits per heavy atom.